The molecule has 0 aromatic carbocycles. The van der Waals surface area contributed by atoms with Crippen LogP contribution in [-0.4, -0.2) is 66.7 Å². The molecule has 2 atom stereocenters. The van der Waals surface area contributed by atoms with Gasteiger partial charge in [0.1, 0.15) is 0 Å². The van der Waals surface area contributed by atoms with Gasteiger partial charge in [-0.15, -0.1) is 0 Å². The molecule has 0 aromatic heterocycles. The Hall–Kier alpha value is -0.650. The van der Waals surface area contributed by atoms with E-state index in [4.69, 9.17) is 10.8 Å². The molecule has 0 aromatic rings. The Morgan fingerprint density at radius 3 is 2.56 bits per heavy atom. The van der Waals surface area contributed by atoms with Gasteiger partial charge in [0.25, 0.3) is 0 Å². The maximum atomic E-state index is 12.4. The predicted molar refractivity (Wildman–Crippen MR) is 70.0 cm³/mol. The molecule has 18 heavy (non-hydrogen) atoms. The van der Waals surface area contributed by atoms with E-state index in [1.54, 1.807) is 0 Å². The summed E-state index contributed by atoms with van der Waals surface area (Å²) in [6.07, 6.45) is 3.26. The summed E-state index contributed by atoms with van der Waals surface area (Å²) in [5.41, 5.74) is 5.75. The van der Waals surface area contributed by atoms with Crippen LogP contribution < -0.4 is 5.73 Å². The fourth-order valence-electron chi connectivity index (χ4n) is 3.21. The fraction of sp³-hybridized carbons (Fsp3) is 0.923. The van der Waals surface area contributed by atoms with E-state index in [9.17, 15) is 4.79 Å². The number of carbonyl (C=O) groups is 1. The second-order valence-electron chi connectivity index (χ2n) is 5.42. The number of aliphatic hydroxyl groups excluding tert-OH is 1. The van der Waals surface area contributed by atoms with Crippen LogP contribution in [-0.2, 0) is 4.79 Å². The lowest BCUT2D eigenvalue weighted by atomic mass is 9.94. The van der Waals surface area contributed by atoms with Crippen molar-refractivity contribution in [1.29, 1.82) is 0 Å². The highest BCUT2D eigenvalue weighted by atomic mass is 16.3. The molecule has 1 saturated heterocycles. The number of rotatable bonds is 4. The van der Waals surface area contributed by atoms with Crippen LogP contribution in [0.1, 0.15) is 19.3 Å². The van der Waals surface area contributed by atoms with Crippen LogP contribution in [0.15, 0.2) is 0 Å². The molecule has 5 heteroatoms. The van der Waals surface area contributed by atoms with E-state index in [1.165, 1.54) is 0 Å². The van der Waals surface area contributed by atoms with Crippen molar-refractivity contribution in [2.45, 2.75) is 19.3 Å². The number of hydrogen-bond acceptors (Lipinski definition) is 4. The van der Waals surface area contributed by atoms with Gasteiger partial charge in [-0.25, -0.2) is 0 Å². The molecular formula is C13H25N3O2. The number of hydrogen-bond donors (Lipinski definition) is 2. The molecule has 5 nitrogen and oxygen atoms in total. The Morgan fingerprint density at radius 2 is 1.94 bits per heavy atom. The lowest BCUT2D eigenvalue weighted by Gasteiger charge is -2.36. The Morgan fingerprint density at radius 1 is 1.22 bits per heavy atom. The molecule has 1 saturated carbocycles. The zero-order valence-electron chi connectivity index (χ0n) is 11.1. The SMILES string of the molecule is NCC1CCCC1C(=O)N1CCN(CCO)CC1. The minimum Gasteiger partial charge on any atom is -0.395 e. The third-order valence-corrected chi connectivity index (χ3v) is 4.38. The number of β-amino-alcohol motifs (C(OH)–C–C–N with tert-alkyl or cyclic N) is 1. The molecule has 3 N–H and O–H groups in total. The van der Waals surface area contributed by atoms with Crippen LogP contribution >= 0.6 is 0 Å². The fourth-order valence-corrected chi connectivity index (χ4v) is 3.21. The summed E-state index contributed by atoms with van der Waals surface area (Å²) in [6, 6.07) is 0. The first-order chi connectivity index (χ1) is 8.76. The van der Waals surface area contributed by atoms with Crippen LogP contribution in [0.3, 0.4) is 0 Å². The van der Waals surface area contributed by atoms with E-state index in [0.717, 1.165) is 52.0 Å². The van der Waals surface area contributed by atoms with Crippen LogP contribution in [0.25, 0.3) is 0 Å². The second-order valence-corrected chi connectivity index (χ2v) is 5.42. The molecule has 2 fully saturated rings. The van der Waals surface area contributed by atoms with Gasteiger partial charge in [-0.1, -0.05) is 6.42 Å². The summed E-state index contributed by atoms with van der Waals surface area (Å²) in [6.45, 7) is 4.92. The van der Waals surface area contributed by atoms with E-state index in [0.29, 0.717) is 18.4 Å². The van der Waals surface area contributed by atoms with Gasteiger partial charge >= 0.3 is 0 Å². The quantitative estimate of drug-likeness (QED) is 0.710. The zero-order chi connectivity index (χ0) is 13.0. The molecule has 1 aliphatic heterocycles. The number of aliphatic hydroxyl groups is 1. The zero-order valence-corrected chi connectivity index (χ0v) is 11.1. The standard InChI is InChI=1S/C13H25N3O2/c14-10-11-2-1-3-12(11)13(18)16-6-4-15(5-7-16)8-9-17/h11-12,17H,1-10,14H2. The average molecular weight is 255 g/mol. The Labute approximate surface area is 109 Å². The lowest BCUT2D eigenvalue weighted by Crippen LogP contribution is -2.51. The number of nitrogens with zero attached hydrogens (tertiary/aromatic N) is 2. The van der Waals surface area contributed by atoms with E-state index >= 15 is 0 Å². The Bertz CT molecular complexity index is 277. The minimum absolute atomic E-state index is 0.166. The number of carbonyl (C=O) groups excluding carboxylic acids is 1. The molecule has 2 aliphatic rings. The summed E-state index contributed by atoms with van der Waals surface area (Å²) >= 11 is 0. The predicted octanol–water partition coefficient (Wildman–Crippen LogP) is -0.502. The van der Waals surface area contributed by atoms with Crippen molar-refractivity contribution in [2.75, 3.05) is 45.9 Å². The van der Waals surface area contributed by atoms with Gasteiger partial charge < -0.3 is 15.7 Å². The van der Waals surface area contributed by atoms with Gasteiger partial charge in [-0.05, 0) is 25.3 Å². The maximum Gasteiger partial charge on any atom is 0.226 e. The lowest BCUT2D eigenvalue weighted by molar-refractivity contribution is -0.138. The molecule has 1 heterocycles. The molecule has 0 bridgehead atoms. The summed E-state index contributed by atoms with van der Waals surface area (Å²) in [5, 5.41) is 8.90. The largest absolute Gasteiger partial charge is 0.395 e. The van der Waals surface area contributed by atoms with Crippen molar-refractivity contribution in [2.24, 2.45) is 17.6 Å². The normalized spacial score (nSPS) is 29.8. The molecule has 0 spiro atoms. The van der Waals surface area contributed by atoms with Crippen molar-refractivity contribution >= 4 is 5.91 Å². The van der Waals surface area contributed by atoms with Crippen LogP contribution in [0.2, 0.25) is 0 Å². The van der Waals surface area contributed by atoms with Crippen molar-refractivity contribution in [3.05, 3.63) is 0 Å². The number of nitrogens with two attached hydrogens (primary N) is 1. The highest BCUT2D eigenvalue weighted by Crippen LogP contribution is 2.32. The maximum absolute atomic E-state index is 12.4. The first-order valence-electron chi connectivity index (χ1n) is 7.08. The van der Waals surface area contributed by atoms with E-state index in [2.05, 4.69) is 4.90 Å². The minimum atomic E-state index is 0.166. The Balaban J connectivity index is 1.83. The molecule has 1 aliphatic carbocycles. The first kappa shape index (κ1) is 13.8. The smallest absolute Gasteiger partial charge is 0.226 e. The van der Waals surface area contributed by atoms with Crippen LogP contribution in [0.4, 0.5) is 0 Å². The molecule has 2 rings (SSSR count). The summed E-state index contributed by atoms with van der Waals surface area (Å²) in [4.78, 5) is 16.6. The van der Waals surface area contributed by atoms with Gasteiger partial charge in [0.15, 0.2) is 0 Å². The van der Waals surface area contributed by atoms with Gasteiger partial charge in [0, 0.05) is 38.6 Å². The molecule has 1 amide bonds. The van der Waals surface area contributed by atoms with Gasteiger partial charge in [0.05, 0.1) is 6.61 Å². The van der Waals surface area contributed by atoms with Crippen molar-refractivity contribution in [3.8, 4) is 0 Å². The monoisotopic (exact) mass is 255 g/mol. The summed E-state index contributed by atoms with van der Waals surface area (Å²) in [5.74, 6) is 0.874. The molecule has 0 radical (unpaired) electrons. The highest BCUT2D eigenvalue weighted by molar-refractivity contribution is 5.79. The summed E-state index contributed by atoms with van der Waals surface area (Å²) < 4.78 is 0. The highest BCUT2D eigenvalue weighted by Gasteiger charge is 2.35. The van der Waals surface area contributed by atoms with Gasteiger partial charge in [-0.2, -0.15) is 0 Å². The third kappa shape index (κ3) is 3.02. The first-order valence-corrected chi connectivity index (χ1v) is 7.08. The number of piperazine rings is 1. The van der Waals surface area contributed by atoms with Crippen LogP contribution in [0.5, 0.6) is 0 Å². The van der Waals surface area contributed by atoms with Crippen molar-refractivity contribution in [3.63, 3.8) is 0 Å². The molecule has 104 valence electrons. The molecule has 2 unspecified atom stereocenters. The van der Waals surface area contributed by atoms with Crippen LogP contribution in [0, 0.1) is 11.8 Å². The van der Waals surface area contributed by atoms with Crippen molar-refractivity contribution in [1.82, 2.24) is 9.80 Å². The average Bonchev–Trinajstić information content (AvgIpc) is 2.87. The Kier molecular flexibility index (Phi) is 4.97. The third-order valence-electron chi connectivity index (χ3n) is 4.38. The van der Waals surface area contributed by atoms with Gasteiger partial charge in [0.2, 0.25) is 5.91 Å². The topological polar surface area (TPSA) is 69.8 Å². The van der Waals surface area contributed by atoms with E-state index < -0.39 is 0 Å². The van der Waals surface area contributed by atoms with E-state index in [1.807, 2.05) is 4.90 Å². The van der Waals surface area contributed by atoms with Crippen molar-refractivity contribution < 1.29 is 9.90 Å². The molecular weight excluding hydrogens is 230 g/mol. The summed E-state index contributed by atoms with van der Waals surface area (Å²) in [7, 11) is 0. The second kappa shape index (κ2) is 6.50. The number of amides is 1. The van der Waals surface area contributed by atoms with Gasteiger partial charge in [-0.3, -0.25) is 9.69 Å². The van der Waals surface area contributed by atoms with E-state index in [-0.39, 0.29) is 12.5 Å².